The topological polar surface area (TPSA) is 105 Å². The van der Waals surface area contributed by atoms with Crippen LogP contribution in [-0.4, -0.2) is 54.5 Å². The molecule has 0 aliphatic carbocycles. The van der Waals surface area contributed by atoms with Crippen molar-refractivity contribution in [1.82, 2.24) is 15.5 Å². The summed E-state index contributed by atoms with van der Waals surface area (Å²) in [6.07, 6.45) is -0.0633. The predicted octanol–water partition coefficient (Wildman–Crippen LogP) is -1.00. The fourth-order valence-corrected chi connectivity index (χ4v) is 1.57. The van der Waals surface area contributed by atoms with E-state index in [0.717, 1.165) is 4.90 Å². The predicted molar refractivity (Wildman–Crippen MR) is 64.0 cm³/mol. The van der Waals surface area contributed by atoms with Crippen molar-refractivity contribution in [3.05, 3.63) is 0 Å². The van der Waals surface area contributed by atoms with Gasteiger partial charge in [0.2, 0.25) is 5.91 Å². The van der Waals surface area contributed by atoms with E-state index in [0.29, 0.717) is 0 Å². The van der Waals surface area contributed by atoms with Crippen LogP contribution in [0, 0.1) is 0 Å². The Morgan fingerprint density at radius 1 is 1.37 bits per heavy atom. The van der Waals surface area contributed by atoms with Crippen LogP contribution in [0.3, 0.4) is 0 Å². The molecule has 2 N–H and O–H groups in total. The van der Waals surface area contributed by atoms with Gasteiger partial charge in [-0.05, 0) is 13.8 Å². The summed E-state index contributed by atoms with van der Waals surface area (Å²) < 4.78 is 4.36. The van der Waals surface area contributed by atoms with Gasteiger partial charge in [-0.3, -0.25) is 19.3 Å². The third kappa shape index (κ3) is 3.67. The minimum Gasteiger partial charge on any atom is -0.468 e. The van der Waals surface area contributed by atoms with Crippen LogP contribution >= 0.6 is 0 Å². The number of hydrogen-bond acceptors (Lipinski definition) is 5. The Hall–Kier alpha value is -2.12. The highest BCUT2D eigenvalue weighted by Crippen LogP contribution is 2.16. The summed E-state index contributed by atoms with van der Waals surface area (Å²) in [6, 6.07) is -0.518. The van der Waals surface area contributed by atoms with Crippen molar-refractivity contribution < 1.29 is 23.9 Å². The van der Waals surface area contributed by atoms with Crippen LogP contribution in [0.5, 0.6) is 0 Å². The first-order valence-electron chi connectivity index (χ1n) is 5.75. The summed E-state index contributed by atoms with van der Waals surface area (Å²) >= 11 is 0. The van der Waals surface area contributed by atoms with E-state index in [1.165, 1.54) is 7.11 Å². The van der Waals surface area contributed by atoms with Crippen molar-refractivity contribution in [2.75, 3.05) is 20.2 Å². The van der Waals surface area contributed by atoms with Gasteiger partial charge in [-0.25, -0.2) is 4.79 Å². The fraction of sp³-hybridized carbons (Fsp3) is 0.636. The normalized spacial score (nSPS) is 17.1. The van der Waals surface area contributed by atoms with E-state index in [1.54, 1.807) is 13.8 Å². The largest absolute Gasteiger partial charge is 0.468 e. The van der Waals surface area contributed by atoms with E-state index in [1.807, 2.05) is 0 Å². The summed E-state index contributed by atoms with van der Waals surface area (Å²) in [5, 5.41) is 4.83. The molecule has 1 heterocycles. The number of esters is 1. The summed E-state index contributed by atoms with van der Waals surface area (Å²) in [7, 11) is 1.21. The number of nitrogens with zero attached hydrogens (tertiary/aromatic N) is 1. The number of carbonyl (C=O) groups is 4. The Morgan fingerprint density at radius 2 is 2.00 bits per heavy atom. The monoisotopic (exact) mass is 271 g/mol. The molecule has 0 bridgehead atoms. The van der Waals surface area contributed by atoms with Crippen LogP contribution in [0.4, 0.5) is 4.79 Å². The second-order valence-corrected chi connectivity index (χ2v) is 4.61. The van der Waals surface area contributed by atoms with Gasteiger partial charge in [-0.2, -0.15) is 0 Å². The van der Waals surface area contributed by atoms with Crippen molar-refractivity contribution in [3.63, 3.8) is 0 Å². The Kier molecular flexibility index (Phi) is 4.47. The minimum absolute atomic E-state index is 0.0267. The van der Waals surface area contributed by atoms with Crippen LogP contribution in [-0.2, 0) is 19.1 Å². The lowest BCUT2D eigenvalue weighted by Crippen LogP contribution is -2.41. The maximum absolute atomic E-state index is 11.8. The van der Waals surface area contributed by atoms with Crippen LogP contribution in [0.15, 0.2) is 0 Å². The lowest BCUT2D eigenvalue weighted by molar-refractivity contribution is -0.141. The molecule has 8 heteroatoms. The van der Waals surface area contributed by atoms with Crippen molar-refractivity contribution in [3.8, 4) is 0 Å². The van der Waals surface area contributed by atoms with Gasteiger partial charge in [0.25, 0.3) is 5.91 Å². The Morgan fingerprint density at radius 3 is 2.47 bits per heavy atom. The van der Waals surface area contributed by atoms with Crippen LogP contribution in [0.25, 0.3) is 0 Å². The molecule has 1 rings (SSSR count). The molecular formula is C11H17N3O5. The van der Waals surface area contributed by atoms with Gasteiger partial charge < -0.3 is 15.4 Å². The average Bonchev–Trinajstić information content (AvgIpc) is 2.53. The van der Waals surface area contributed by atoms with E-state index in [9.17, 15) is 19.2 Å². The molecule has 1 fully saturated rings. The number of ether oxygens (including phenoxy) is 1. The molecule has 1 saturated heterocycles. The lowest BCUT2D eigenvalue weighted by Gasteiger charge is -2.15. The first-order chi connectivity index (χ1) is 8.77. The van der Waals surface area contributed by atoms with Crippen molar-refractivity contribution in [2.45, 2.75) is 25.8 Å². The summed E-state index contributed by atoms with van der Waals surface area (Å²) in [5.41, 5.74) is -0.945. The molecule has 0 aromatic heterocycles. The number of carbonyl (C=O) groups excluding carboxylic acids is 4. The van der Waals surface area contributed by atoms with Crippen LogP contribution < -0.4 is 10.6 Å². The molecule has 0 aromatic carbocycles. The maximum atomic E-state index is 11.8. The highest BCUT2D eigenvalue weighted by molar-refractivity contribution is 6.06. The van der Waals surface area contributed by atoms with Gasteiger partial charge in [0.1, 0.15) is 12.1 Å². The average molecular weight is 271 g/mol. The highest BCUT2D eigenvalue weighted by atomic mass is 16.5. The molecule has 106 valence electrons. The molecule has 19 heavy (non-hydrogen) atoms. The van der Waals surface area contributed by atoms with E-state index in [-0.39, 0.29) is 25.4 Å². The molecule has 0 atom stereocenters. The molecule has 0 spiro atoms. The highest BCUT2D eigenvalue weighted by Gasteiger charge is 2.43. The molecular weight excluding hydrogens is 254 g/mol. The van der Waals surface area contributed by atoms with E-state index in [2.05, 4.69) is 15.4 Å². The van der Waals surface area contributed by atoms with Crippen molar-refractivity contribution in [1.29, 1.82) is 0 Å². The van der Waals surface area contributed by atoms with Gasteiger partial charge in [0.05, 0.1) is 7.11 Å². The third-order valence-electron chi connectivity index (χ3n) is 2.66. The van der Waals surface area contributed by atoms with Crippen molar-refractivity contribution in [2.24, 2.45) is 0 Å². The number of hydrogen-bond donors (Lipinski definition) is 2. The van der Waals surface area contributed by atoms with Gasteiger partial charge in [0, 0.05) is 13.0 Å². The minimum atomic E-state index is -0.945. The molecule has 4 amide bonds. The fourth-order valence-electron chi connectivity index (χ4n) is 1.57. The number of imide groups is 1. The molecule has 1 aliphatic heterocycles. The second kappa shape index (κ2) is 5.68. The Balaban J connectivity index is 2.41. The van der Waals surface area contributed by atoms with E-state index in [4.69, 9.17) is 0 Å². The number of amides is 4. The lowest BCUT2D eigenvalue weighted by atomic mass is 10.1. The third-order valence-corrected chi connectivity index (χ3v) is 2.66. The quantitative estimate of drug-likeness (QED) is 0.493. The summed E-state index contributed by atoms with van der Waals surface area (Å²) in [5.74, 6) is -1.38. The number of nitrogens with one attached hydrogen (secondary N) is 2. The molecule has 0 radical (unpaired) electrons. The SMILES string of the molecule is COC(=O)CNC(=O)CCN1C(=O)NC(C)(C)C1=O. The number of rotatable bonds is 5. The molecule has 0 saturated carbocycles. The molecule has 1 aliphatic rings. The van der Waals surface area contributed by atoms with E-state index >= 15 is 0 Å². The van der Waals surface area contributed by atoms with Gasteiger partial charge in [-0.1, -0.05) is 0 Å². The molecule has 0 aromatic rings. The van der Waals surface area contributed by atoms with Gasteiger partial charge in [-0.15, -0.1) is 0 Å². The number of methoxy groups -OCH3 is 1. The first kappa shape index (κ1) is 14.9. The smallest absolute Gasteiger partial charge is 0.325 e. The Labute approximate surface area is 110 Å². The standard InChI is InChI=1S/C11H17N3O5/c1-11(2)9(17)14(10(18)13-11)5-4-7(15)12-6-8(16)19-3/h4-6H2,1-3H3,(H,12,15)(H,13,18). The van der Waals surface area contributed by atoms with Gasteiger partial charge >= 0.3 is 12.0 Å². The zero-order valence-corrected chi connectivity index (χ0v) is 11.1. The maximum Gasteiger partial charge on any atom is 0.325 e. The molecule has 0 unspecified atom stereocenters. The number of urea groups is 1. The second-order valence-electron chi connectivity index (χ2n) is 4.61. The molecule has 8 nitrogen and oxygen atoms in total. The summed E-state index contributed by atoms with van der Waals surface area (Å²) in [4.78, 5) is 46.5. The Bertz CT molecular complexity index is 419. The van der Waals surface area contributed by atoms with Crippen LogP contribution in [0.1, 0.15) is 20.3 Å². The van der Waals surface area contributed by atoms with Crippen molar-refractivity contribution >= 4 is 23.8 Å². The zero-order valence-electron chi connectivity index (χ0n) is 11.1. The van der Waals surface area contributed by atoms with Crippen LogP contribution in [0.2, 0.25) is 0 Å². The van der Waals surface area contributed by atoms with Gasteiger partial charge in [0.15, 0.2) is 0 Å². The first-order valence-corrected chi connectivity index (χ1v) is 5.75. The summed E-state index contributed by atoms with van der Waals surface area (Å²) in [6.45, 7) is 2.91. The van der Waals surface area contributed by atoms with E-state index < -0.39 is 23.4 Å². The zero-order chi connectivity index (χ0) is 14.6.